The van der Waals surface area contributed by atoms with Crippen LogP contribution in [0.25, 0.3) is 0 Å². The molecule has 3 rings (SSSR count). The van der Waals surface area contributed by atoms with Gasteiger partial charge in [-0.25, -0.2) is 0 Å². The van der Waals surface area contributed by atoms with E-state index >= 15 is 0 Å². The highest BCUT2D eigenvalue weighted by Gasteiger charge is 2.22. The molecule has 3 aromatic carbocycles. The van der Waals surface area contributed by atoms with E-state index in [0.29, 0.717) is 24.3 Å². The summed E-state index contributed by atoms with van der Waals surface area (Å²) in [6, 6.07) is 15.0. The second-order valence-corrected chi connectivity index (χ2v) is 11.8. The van der Waals surface area contributed by atoms with Gasteiger partial charge in [0.1, 0.15) is 11.5 Å². The molecule has 0 atom stereocenters. The molecule has 0 fully saturated rings. The Labute approximate surface area is 200 Å². The van der Waals surface area contributed by atoms with Crippen molar-refractivity contribution in [3.8, 4) is 11.5 Å². The van der Waals surface area contributed by atoms with E-state index in [1.807, 2.05) is 0 Å². The monoisotopic (exact) mass is 444 g/mol. The first-order valence-electron chi connectivity index (χ1n) is 11.9. The van der Waals surface area contributed by atoms with Crippen molar-refractivity contribution in [1.82, 2.24) is 0 Å². The highest BCUT2D eigenvalue weighted by Crippen LogP contribution is 2.37. The van der Waals surface area contributed by atoms with Crippen LogP contribution < -0.4 is 0 Å². The Hall–Kier alpha value is -2.74. The SMILES string of the molecule is Cc1cc(Cc2cc(C)cc(C(C)(C)C)c2O)cc(Cc2cc(C)cc(C(C)(C)C)c2O)c1. The van der Waals surface area contributed by atoms with Gasteiger partial charge in [-0.2, -0.15) is 0 Å². The maximum absolute atomic E-state index is 11.0. The van der Waals surface area contributed by atoms with Crippen molar-refractivity contribution >= 4 is 0 Å². The molecule has 2 nitrogen and oxygen atoms in total. The van der Waals surface area contributed by atoms with E-state index in [4.69, 9.17) is 0 Å². The van der Waals surface area contributed by atoms with Crippen molar-refractivity contribution in [2.45, 2.75) is 86.0 Å². The predicted octanol–water partition coefficient (Wildman–Crippen LogP) is 7.80. The molecular formula is C31H40O2. The molecule has 3 aromatic rings. The predicted molar refractivity (Wildman–Crippen MR) is 140 cm³/mol. The Kier molecular flexibility index (Phi) is 6.71. The number of aryl methyl sites for hydroxylation is 3. The Balaban J connectivity index is 1.99. The topological polar surface area (TPSA) is 40.5 Å². The number of hydrogen-bond donors (Lipinski definition) is 2. The lowest BCUT2D eigenvalue weighted by atomic mass is 9.82. The Morgan fingerprint density at radius 2 is 0.848 bits per heavy atom. The molecule has 0 heterocycles. The van der Waals surface area contributed by atoms with Crippen molar-refractivity contribution in [2.24, 2.45) is 0 Å². The van der Waals surface area contributed by atoms with E-state index in [2.05, 4.69) is 105 Å². The molecule has 176 valence electrons. The van der Waals surface area contributed by atoms with E-state index in [-0.39, 0.29) is 10.8 Å². The van der Waals surface area contributed by atoms with Crippen molar-refractivity contribution in [3.05, 3.63) is 92.5 Å². The maximum atomic E-state index is 11.0. The molecule has 0 saturated heterocycles. The van der Waals surface area contributed by atoms with Gasteiger partial charge in [0.05, 0.1) is 0 Å². The second kappa shape index (κ2) is 8.89. The van der Waals surface area contributed by atoms with Crippen molar-refractivity contribution in [1.29, 1.82) is 0 Å². The molecule has 0 aliphatic heterocycles. The first-order chi connectivity index (χ1) is 15.1. The van der Waals surface area contributed by atoms with E-state index in [1.54, 1.807) is 0 Å². The summed E-state index contributed by atoms with van der Waals surface area (Å²) in [5, 5.41) is 22.0. The first kappa shape index (κ1) is 24.9. The van der Waals surface area contributed by atoms with Gasteiger partial charge in [0, 0.05) is 12.8 Å². The van der Waals surface area contributed by atoms with Crippen LogP contribution in [0.15, 0.2) is 42.5 Å². The Morgan fingerprint density at radius 3 is 1.18 bits per heavy atom. The lowest BCUT2D eigenvalue weighted by molar-refractivity contribution is 0.440. The molecule has 0 unspecified atom stereocenters. The number of hydrogen-bond acceptors (Lipinski definition) is 2. The zero-order valence-corrected chi connectivity index (χ0v) is 21.9. The van der Waals surface area contributed by atoms with Crippen molar-refractivity contribution in [2.75, 3.05) is 0 Å². The largest absolute Gasteiger partial charge is 0.507 e. The molecule has 2 heteroatoms. The highest BCUT2D eigenvalue weighted by molar-refractivity contribution is 5.51. The molecule has 0 spiro atoms. The number of benzene rings is 3. The molecule has 0 aliphatic rings. The highest BCUT2D eigenvalue weighted by atomic mass is 16.3. The van der Waals surface area contributed by atoms with Crippen LogP contribution in [0.3, 0.4) is 0 Å². The summed E-state index contributed by atoms with van der Waals surface area (Å²) >= 11 is 0. The van der Waals surface area contributed by atoms with Gasteiger partial charge in [0.25, 0.3) is 0 Å². The van der Waals surface area contributed by atoms with Gasteiger partial charge < -0.3 is 10.2 Å². The van der Waals surface area contributed by atoms with Gasteiger partial charge in [-0.3, -0.25) is 0 Å². The quantitative estimate of drug-likeness (QED) is 0.431. The lowest BCUT2D eigenvalue weighted by Gasteiger charge is -2.23. The molecule has 0 aromatic heterocycles. The normalized spacial score (nSPS) is 12.3. The Bertz CT molecular complexity index is 1080. The van der Waals surface area contributed by atoms with Gasteiger partial charge in [-0.1, -0.05) is 101 Å². The average Bonchev–Trinajstić information content (AvgIpc) is 2.64. The van der Waals surface area contributed by atoms with Crippen LogP contribution in [-0.4, -0.2) is 10.2 Å². The minimum atomic E-state index is -0.115. The molecule has 0 saturated carbocycles. The molecule has 0 radical (unpaired) electrons. The average molecular weight is 445 g/mol. The maximum Gasteiger partial charge on any atom is 0.122 e. The summed E-state index contributed by atoms with van der Waals surface area (Å²) in [7, 11) is 0. The molecular weight excluding hydrogens is 404 g/mol. The third kappa shape index (κ3) is 5.79. The second-order valence-electron chi connectivity index (χ2n) is 11.8. The molecule has 2 N–H and O–H groups in total. The molecule has 33 heavy (non-hydrogen) atoms. The molecule has 0 bridgehead atoms. The smallest absolute Gasteiger partial charge is 0.122 e. The van der Waals surface area contributed by atoms with Crippen LogP contribution in [0.4, 0.5) is 0 Å². The van der Waals surface area contributed by atoms with E-state index in [1.165, 1.54) is 27.8 Å². The van der Waals surface area contributed by atoms with E-state index in [0.717, 1.165) is 22.3 Å². The summed E-state index contributed by atoms with van der Waals surface area (Å²) in [4.78, 5) is 0. The summed E-state index contributed by atoms with van der Waals surface area (Å²) in [5.74, 6) is 0.810. The van der Waals surface area contributed by atoms with Crippen LogP contribution in [0.1, 0.15) is 91.6 Å². The molecule has 0 amide bonds. The number of phenolic OH excluding ortho intramolecular Hbond substituents is 2. The third-order valence-electron chi connectivity index (χ3n) is 6.27. The third-order valence-corrected chi connectivity index (χ3v) is 6.27. The van der Waals surface area contributed by atoms with E-state index < -0.39 is 0 Å². The van der Waals surface area contributed by atoms with Crippen LogP contribution in [0.2, 0.25) is 0 Å². The summed E-state index contributed by atoms with van der Waals surface area (Å²) in [6.07, 6.45) is 1.36. The van der Waals surface area contributed by atoms with Crippen molar-refractivity contribution in [3.63, 3.8) is 0 Å². The van der Waals surface area contributed by atoms with Gasteiger partial charge in [-0.05, 0) is 65.0 Å². The van der Waals surface area contributed by atoms with Crippen LogP contribution >= 0.6 is 0 Å². The lowest BCUT2D eigenvalue weighted by Crippen LogP contribution is -2.13. The Morgan fingerprint density at radius 1 is 0.515 bits per heavy atom. The zero-order valence-electron chi connectivity index (χ0n) is 21.9. The fraction of sp³-hybridized carbons (Fsp3) is 0.419. The number of phenols is 2. The van der Waals surface area contributed by atoms with Gasteiger partial charge in [0.15, 0.2) is 0 Å². The summed E-state index contributed by atoms with van der Waals surface area (Å²) < 4.78 is 0. The van der Waals surface area contributed by atoms with Gasteiger partial charge >= 0.3 is 0 Å². The van der Waals surface area contributed by atoms with Gasteiger partial charge in [0.2, 0.25) is 0 Å². The van der Waals surface area contributed by atoms with Crippen LogP contribution in [0, 0.1) is 20.8 Å². The van der Waals surface area contributed by atoms with Crippen LogP contribution in [-0.2, 0) is 23.7 Å². The fourth-order valence-electron chi connectivity index (χ4n) is 4.71. The number of rotatable bonds is 4. The zero-order chi connectivity index (χ0) is 24.7. The summed E-state index contributed by atoms with van der Waals surface area (Å²) in [5.41, 5.74) is 9.55. The number of aromatic hydroxyl groups is 2. The first-order valence-corrected chi connectivity index (χ1v) is 11.9. The molecule has 0 aliphatic carbocycles. The van der Waals surface area contributed by atoms with Gasteiger partial charge in [-0.15, -0.1) is 0 Å². The standard InChI is InChI=1S/C31H40O2/c1-19-10-22(17-24-12-20(2)14-26(28(24)32)30(4,5)6)16-23(11-19)18-25-13-21(3)15-27(29(25)33)31(7,8)9/h10-16,32-33H,17-18H2,1-9H3. The van der Waals surface area contributed by atoms with Crippen molar-refractivity contribution < 1.29 is 10.2 Å². The summed E-state index contributed by atoms with van der Waals surface area (Å²) in [6.45, 7) is 19.1. The van der Waals surface area contributed by atoms with Crippen LogP contribution in [0.5, 0.6) is 11.5 Å². The minimum absolute atomic E-state index is 0.115. The van der Waals surface area contributed by atoms with E-state index in [9.17, 15) is 10.2 Å². The fourth-order valence-corrected chi connectivity index (χ4v) is 4.71. The minimum Gasteiger partial charge on any atom is -0.507 e.